The Morgan fingerprint density at radius 1 is 1.45 bits per heavy atom. The summed E-state index contributed by atoms with van der Waals surface area (Å²) < 4.78 is 0. The Bertz CT molecular complexity index is 474. The molecule has 1 fully saturated rings. The van der Waals surface area contributed by atoms with Gasteiger partial charge in [-0.2, -0.15) is 0 Å². The van der Waals surface area contributed by atoms with Gasteiger partial charge in [-0.25, -0.2) is 0 Å². The van der Waals surface area contributed by atoms with Crippen LogP contribution in [0.25, 0.3) is 0 Å². The Morgan fingerprint density at radius 2 is 2.25 bits per heavy atom. The topological polar surface area (TPSA) is 52.6 Å². The zero-order valence-electron chi connectivity index (χ0n) is 12.4. The number of carbonyl (C=O) groups excluding carboxylic acids is 1. The van der Waals surface area contributed by atoms with Gasteiger partial charge in [0.2, 0.25) is 5.91 Å². The second kappa shape index (κ2) is 6.86. The number of likely N-dealkylation sites (tertiary alicyclic amines) is 1. The van der Waals surface area contributed by atoms with Gasteiger partial charge in [-0.3, -0.25) is 9.69 Å². The van der Waals surface area contributed by atoms with Gasteiger partial charge < -0.3 is 10.4 Å². The van der Waals surface area contributed by atoms with E-state index in [-0.39, 0.29) is 12.5 Å². The monoisotopic (exact) mass is 276 g/mol. The number of rotatable bonds is 4. The first-order valence-electron chi connectivity index (χ1n) is 7.29. The SMILES string of the molecule is Cc1ccc(C)c(NC(=O)CN2CCCC(CO)C2)c1. The van der Waals surface area contributed by atoms with Gasteiger partial charge in [0, 0.05) is 18.8 Å². The summed E-state index contributed by atoms with van der Waals surface area (Å²) in [5.74, 6) is 0.342. The maximum atomic E-state index is 12.1. The van der Waals surface area contributed by atoms with Crippen LogP contribution in [0.2, 0.25) is 0 Å². The minimum atomic E-state index is 0.0253. The molecule has 0 saturated carbocycles. The van der Waals surface area contributed by atoms with Crippen LogP contribution in [0.4, 0.5) is 5.69 Å². The van der Waals surface area contributed by atoms with Crippen LogP contribution in [0, 0.1) is 19.8 Å². The molecule has 1 aliphatic rings. The summed E-state index contributed by atoms with van der Waals surface area (Å²) in [6.07, 6.45) is 2.12. The highest BCUT2D eigenvalue weighted by Crippen LogP contribution is 2.18. The highest BCUT2D eigenvalue weighted by molar-refractivity contribution is 5.93. The Labute approximate surface area is 120 Å². The van der Waals surface area contributed by atoms with Gasteiger partial charge >= 0.3 is 0 Å². The number of nitrogens with one attached hydrogen (secondary N) is 1. The largest absolute Gasteiger partial charge is 0.396 e. The molecule has 0 spiro atoms. The first-order valence-corrected chi connectivity index (χ1v) is 7.29. The number of anilines is 1. The lowest BCUT2D eigenvalue weighted by molar-refractivity contribution is -0.117. The van der Waals surface area contributed by atoms with E-state index in [0.717, 1.165) is 42.7 Å². The molecule has 4 nitrogen and oxygen atoms in total. The number of aliphatic hydroxyl groups is 1. The minimum Gasteiger partial charge on any atom is -0.396 e. The summed E-state index contributed by atoms with van der Waals surface area (Å²) >= 11 is 0. The maximum Gasteiger partial charge on any atom is 0.238 e. The number of hydrogen-bond acceptors (Lipinski definition) is 3. The van der Waals surface area contributed by atoms with E-state index >= 15 is 0 Å². The van der Waals surface area contributed by atoms with Gasteiger partial charge in [-0.1, -0.05) is 12.1 Å². The van der Waals surface area contributed by atoms with Crippen molar-refractivity contribution in [3.05, 3.63) is 29.3 Å². The van der Waals surface area contributed by atoms with Crippen molar-refractivity contribution < 1.29 is 9.90 Å². The number of aryl methyl sites for hydroxylation is 2. The molecule has 0 radical (unpaired) electrons. The van der Waals surface area contributed by atoms with Crippen LogP contribution in [0.5, 0.6) is 0 Å². The molecule has 2 N–H and O–H groups in total. The van der Waals surface area contributed by atoms with E-state index < -0.39 is 0 Å². The van der Waals surface area contributed by atoms with Crippen LogP contribution in [-0.4, -0.2) is 42.2 Å². The van der Waals surface area contributed by atoms with Crippen molar-refractivity contribution in [2.24, 2.45) is 5.92 Å². The average Bonchev–Trinajstić information content (AvgIpc) is 2.43. The summed E-state index contributed by atoms with van der Waals surface area (Å²) in [5.41, 5.74) is 3.12. The summed E-state index contributed by atoms with van der Waals surface area (Å²) in [7, 11) is 0. The molecule has 0 bridgehead atoms. The molecule has 0 aliphatic carbocycles. The quantitative estimate of drug-likeness (QED) is 0.883. The van der Waals surface area contributed by atoms with Gasteiger partial charge in [-0.05, 0) is 56.3 Å². The van der Waals surface area contributed by atoms with Crippen LogP contribution >= 0.6 is 0 Å². The second-order valence-electron chi connectivity index (χ2n) is 5.79. The van der Waals surface area contributed by atoms with E-state index in [1.54, 1.807) is 0 Å². The molecule has 1 saturated heterocycles. The van der Waals surface area contributed by atoms with E-state index in [1.807, 2.05) is 32.0 Å². The number of carbonyl (C=O) groups is 1. The zero-order valence-corrected chi connectivity index (χ0v) is 12.4. The number of benzene rings is 1. The van der Waals surface area contributed by atoms with Gasteiger partial charge in [0.1, 0.15) is 0 Å². The van der Waals surface area contributed by atoms with Gasteiger partial charge in [0.05, 0.1) is 6.54 Å². The Kier molecular flexibility index (Phi) is 5.15. The van der Waals surface area contributed by atoms with E-state index in [1.165, 1.54) is 0 Å². The predicted octanol–water partition coefficient (Wildman–Crippen LogP) is 1.95. The van der Waals surface area contributed by atoms with Crippen molar-refractivity contribution in [3.63, 3.8) is 0 Å². The fraction of sp³-hybridized carbons (Fsp3) is 0.562. The lowest BCUT2D eigenvalue weighted by Gasteiger charge is -2.31. The number of piperidine rings is 1. The third-order valence-electron chi connectivity index (χ3n) is 3.90. The van der Waals surface area contributed by atoms with Crippen molar-refractivity contribution in [2.45, 2.75) is 26.7 Å². The third kappa shape index (κ3) is 4.05. The molecule has 110 valence electrons. The summed E-state index contributed by atoms with van der Waals surface area (Å²) in [5, 5.41) is 12.2. The first kappa shape index (κ1) is 15.0. The highest BCUT2D eigenvalue weighted by atomic mass is 16.3. The molecule has 1 aromatic rings. The van der Waals surface area contributed by atoms with E-state index in [0.29, 0.717) is 12.5 Å². The normalized spacial score (nSPS) is 19.9. The maximum absolute atomic E-state index is 12.1. The van der Waals surface area contributed by atoms with Crippen LogP contribution in [0.3, 0.4) is 0 Å². The molecular weight excluding hydrogens is 252 g/mol. The molecular formula is C16H24N2O2. The summed E-state index contributed by atoms with van der Waals surface area (Å²) in [6, 6.07) is 6.06. The van der Waals surface area contributed by atoms with E-state index in [4.69, 9.17) is 0 Å². The minimum absolute atomic E-state index is 0.0253. The summed E-state index contributed by atoms with van der Waals surface area (Å²) in [6.45, 7) is 6.40. The lowest BCUT2D eigenvalue weighted by atomic mass is 9.99. The van der Waals surface area contributed by atoms with Crippen molar-refractivity contribution >= 4 is 11.6 Å². The van der Waals surface area contributed by atoms with E-state index in [9.17, 15) is 9.90 Å². The molecule has 1 heterocycles. The number of hydrogen-bond donors (Lipinski definition) is 2. The number of nitrogens with zero attached hydrogens (tertiary/aromatic N) is 1. The first-order chi connectivity index (χ1) is 9.58. The molecule has 20 heavy (non-hydrogen) atoms. The average molecular weight is 276 g/mol. The molecule has 2 rings (SSSR count). The number of aliphatic hydroxyl groups excluding tert-OH is 1. The van der Waals surface area contributed by atoms with Crippen molar-refractivity contribution in [2.75, 3.05) is 31.6 Å². The second-order valence-corrected chi connectivity index (χ2v) is 5.79. The Hall–Kier alpha value is -1.39. The Morgan fingerprint density at radius 3 is 3.00 bits per heavy atom. The van der Waals surface area contributed by atoms with Gasteiger partial charge in [-0.15, -0.1) is 0 Å². The molecule has 0 aromatic heterocycles. The number of amides is 1. The zero-order chi connectivity index (χ0) is 14.5. The van der Waals surface area contributed by atoms with Crippen LogP contribution in [0.1, 0.15) is 24.0 Å². The molecule has 1 aliphatic heterocycles. The lowest BCUT2D eigenvalue weighted by Crippen LogP contribution is -2.41. The van der Waals surface area contributed by atoms with Crippen molar-refractivity contribution in [1.29, 1.82) is 0 Å². The van der Waals surface area contributed by atoms with Gasteiger partial charge in [0.15, 0.2) is 0 Å². The predicted molar refractivity (Wildman–Crippen MR) is 80.8 cm³/mol. The van der Waals surface area contributed by atoms with Gasteiger partial charge in [0.25, 0.3) is 0 Å². The summed E-state index contributed by atoms with van der Waals surface area (Å²) in [4.78, 5) is 14.3. The van der Waals surface area contributed by atoms with Crippen LogP contribution in [0.15, 0.2) is 18.2 Å². The molecule has 1 aromatic carbocycles. The van der Waals surface area contributed by atoms with Crippen LogP contribution < -0.4 is 5.32 Å². The smallest absolute Gasteiger partial charge is 0.238 e. The molecule has 1 atom stereocenters. The van der Waals surface area contributed by atoms with Crippen LogP contribution in [-0.2, 0) is 4.79 Å². The van der Waals surface area contributed by atoms with Crippen molar-refractivity contribution in [3.8, 4) is 0 Å². The highest BCUT2D eigenvalue weighted by Gasteiger charge is 2.21. The molecule has 1 amide bonds. The fourth-order valence-electron chi connectivity index (χ4n) is 2.71. The molecule has 1 unspecified atom stereocenters. The van der Waals surface area contributed by atoms with Crippen molar-refractivity contribution in [1.82, 2.24) is 4.90 Å². The fourth-order valence-corrected chi connectivity index (χ4v) is 2.71. The molecule has 4 heteroatoms. The third-order valence-corrected chi connectivity index (χ3v) is 3.90. The van der Waals surface area contributed by atoms with E-state index in [2.05, 4.69) is 10.2 Å². The standard InChI is InChI=1S/C16H24N2O2/c1-12-5-6-13(2)15(8-12)17-16(20)10-18-7-3-4-14(9-18)11-19/h5-6,8,14,19H,3-4,7,9-11H2,1-2H3,(H,17,20). The Balaban J connectivity index is 1.90.